The van der Waals surface area contributed by atoms with Gasteiger partial charge in [-0.2, -0.15) is 0 Å². The lowest BCUT2D eigenvalue weighted by Crippen LogP contribution is -2.17. The smallest absolute Gasteiger partial charge is 0.304 e. The first-order chi connectivity index (χ1) is 7.08. The van der Waals surface area contributed by atoms with Gasteiger partial charge in [-0.1, -0.05) is 11.6 Å². The van der Waals surface area contributed by atoms with Gasteiger partial charge in [-0.05, 0) is 23.8 Å². The second-order valence-corrected chi connectivity index (χ2v) is 3.53. The molecule has 0 bridgehead atoms. The van der Waals surface area contributed by atoms with Crippen molar-refractivity contribution < 1.29 is 14.3 Å². The first-order valence-electron chi connectivity index (χ1n) is 4.45. The highest BCUT2D eigenvalue weighted by molar-refractivity contribution is 6.30. The lowest BCUT2D eigenvalue weighted by atomic mass is 10.2. The van der Waals surface area contributed by atoms with Crippen molar-refractivity contribution in [1.82, 2.24) is 5.32 Å². The van der Waals surface area contributed by atoms with Crippen molar-refractivity contribution in [1.29, 1.82) is 0 Å². The van der Waals surface area contributed by atoms with Crippen LogP contribution in [0.5, 0.6) is 0 Å². The summed E-state index contributed by atoms with van der Waals surface area (Å²) >= 11 is 5.65. The minimum Gasteiger partial charge on any atom is -0.481 e. The predicted octanol–water partition coefficient (Wildman–Crippen LogP) is 2.04. The SMILES string of the molecule is O=C(O)CCNCc1cc(F)cc(Cl)c1. The van der Waals surface area contributed by atoms with Gasteiger partial charge >= 0.3 is 5.97 Å². The molecular formula is C10H11ClFNO2. The molecule has 1 rings (SSSR count). The van der Waals surface area contributed by atoms with Gasteiger partial charge in [0.2, 0.25) is 0 Å². The summed E-state index contributed by atoms with van der Waals surface area (Å²) in [6.07, 6.45) is 0.0447. The molecule has 0 saturated heterocycles. The Labute approximate surface area is 91.9 Å². The third-order valence-electron chi connectivity index (χ3n) is 1.77. The van der Waals surface area contributed by atoms with Gasteiger partial charge in [0.15, 0.2) is 0 Å². The van der Waals surface area contributed by atoms with Gasteiger partial charge in [-0.15, -0.1) is 0 Å². The summed E-state index contributed by atoms with van der Waals surface area (Å²) in [6, 6.07) is 4.22. The van der Waals surface area contributed by atoms with Crippen molar-refractivity contribution >= 4 is 17.6 Å². The molecule has 2 N–H and O–H groups in total. The largest absolute Gasteiger partial charge is 0.481 e. The first kappa shape index (κ1) is 11.9. The Kier molecular flexibility index (Phi) is 4.52. The monoisotopic (exact) mass is 231 g/mol. The molecule has 0 unspecified atom stereocenters. The molecule has 0 radical (unpaired) electrons. The summed E-state index contributed by atoms with van der Waals surface area (Å²) in [5, 5.41) is 11.6. The maximum absolute atomic E-state index is 12.9. The maximum Gasteiger partial charge on any atom is 0.304 e. The first-order valence-corrected chi connectivity index (χ1v) is 4.83. The molecule has 0 aromatic heterocycles. The standard InChI is InChI=1S/C10H11ClFNO2/c11-8-3-7(4-9(12)5-8)6-13-2-1-10(14)15/h3-5,13H,1-2,6H2,(H,14,15). The Balaban J connectivity index is 2.40. The zero-order valence-electron chi connectivity index (χ0n) is 7.96. The van der Waals surface area contributed by atoms with E-state index in [2.05, 4.69) is 5.32 Å². The molecule has 1 aromatic carbocycles. The number of carbonyl (C=O) groups is 1. The van der Waals surface area contributed by atoms with E-state index in [4.69, 9.17) is 16.7 Å². The van der Waals surface area contributed by atoms with Gasteiger partial charge in [0.1, 0.15) is 5.82 Å². The van der Waals surface area contributed by atoms with E-state index in [1.54, 1.807) is 6.07 Å². The van der Waals surface area contributed by atoms with Gasteiger partial charge in [-0.25, -0.2) is 4.39 Å². The number of nitrogens with one attached hydrogen (secondary N) is 1. The van der Waals surface area contributed by atoms with E-state index >= 15 is 0 Å². The van der Waals surface area contributed by atoms with Crippen LogP contribution in [0.1, 0.15) is 12.0 Å². The molecule has 0 aliphatic carbocycles. The third kappa shape index (κ3) is 4.76. The zero-order valence-corrected chi connectivity index (χ0v) is 8.72. The minimum atomic E-state index is -0.861. The summed E-state index contributed by atoms with van der Waals surface area (Å²) in [7, 11) is 0. The molecule has 0 aliphatic rings. The topological polar surface area (TPSA) is 49.3 Å². The average Bonchev–Trinajstić information content (AvgIpc) is 2.10. The van der Waals surface area contributed by atoms with Gasteiger partial charge in [0.25, 0.3) is 0 Å². The molecule has 1 aromatic rings. The van der Waals surface area contributed by atoms with Crippen LogP contribution in [0.4, 0.5) is 4.39 Å². The zero-order chi connectivity index (χ0) is 11.3. The lowest BCUT2D eigenvalue weighted by molar-refractivity contribution is -0.136. The quantitative estimate of drug-likeness (QED) is 0.763. The van der Waals surface area contributed by atoms with Crippen LogP contribution < -0.4 is 5.32 Å². The van der Waals surface area contributed by atoms with Gasteiger partial charge < -0.3 is 10.4 Å². The van der Waals surface area contributed by atoms with Crippen molar-refractivity contribution in [3.05, 3.63) is 34.6 Å². The highest BCUT2D eigenvalue weighted by atomic mass is 35.5. The van der Waals surface area contributed by atoms with Crippen LogP contribution in [0.2, 0.25) is 5.02 Å². The van der Waals surface area contributed by atoms with Crippen LogP contribution >= 0.6 is 11.6 Å². The van der Waals surface area contributed by atoms with Crippen LogP contribution in [0.25, 0.3) is 0 Å². The number of halogens is 2. The molecule has 0 amide bonds. The number of carboxylic acids is 1. The Hall–Kier alpha value is -1.13. The fourth-order valence-electron chi connectivity index (χ4n) is 1.14. The van der Waals surface area contributed by atoms with E-state index < -0.39 is 11.8 Å². The van der Waals surface area contributed by atoms with E-state index in [-0.39, 0.29) is 6.42 Å². The second kappa shape index (κ2) is 5.68. The molecule has 0 saturated carbocycles. The summed E-state index contributed by atoms with van der Waals surface area (Å²) in [4.78, 5) is 10.2. The molecule has 5 heteroatoms. The summed E-state index contributed by atoms with van der Waals surface area (Å²) in [6.45, 7) is 0.758. The number of benzene rings is 1. The van der Waals surface area contributed by atoms with Crippen molar-refractivity contribution in [2.75, 3.05) is 6.54 Å². The molecule has 3 nitrogen and oxygen atoms in total. The summed E-state index contributed by atoms with van der Waals surface area (Å²) in [5.41, 5.74) is 0.699. The van der Waals surface area contributed by atoms with E-state index in [1.807, 2.05) is 0 Å². The van der Waals surface area contributed by atoms with Crippen molar-refractivity contribution in [2.45, 2.75) is 13.0 Å². The molecule has 0 heterocycles. The second-order valence-electron chi connectivity index (χ2n) is 3.10. The number of aliphatic carboxylic acids is 1. The van der Waals surface area contributed by atoms with Crippen LogP contribution in [0.3, 0.4) is 0 Å². The Bertz CT molecular complexity index is 337. The minimum absolute atomic E-state index is 0.0447. The molecule has 0 spiro atoms. The number of rotatable bonds is 5. The van der Waals surface area contributed by atoms with Crippen LogP contribution in [-0.2, 0) is 11.3 Å². The third-order valence-corrected chi connectivity index (χ3v) is 1.99. The van der Waals surface area contributed by atoms with Crippen LogP contribution in [-0.4, -0.2) is 17.6 Å². The highest BCUT2D eigenvalue weighted by Crippen LogP contribution is 2.13. The van der Waals surface area contributed by atoms with Gasteiger partial charge in [0.05, 0.1) is 6.42 Å². The molecular weight excluding hydrogens is 221 g/mol. The number of carboxylic acid groups (broad SMARTS) is 1. The van der Waals surface area contributed by atoms with Crippen molar-refractivity contribution in [3.63, 3.8) is 0 Å². The number of hydrogen-bond acceptors (Lipinski definition) is 2. The fourth-order valence-corrected chi connectivity index (χ4v) is 1.39. The highest BCUT2D eigenvalue weighted by Gasteiger charge is 2.00. The van der Waals surface area contributed by atoms with E-state index in [0.29, 0.717) is 23.7 Å². The maximum atomic E-state index is 12.9. The van der Waals surface area contributed by atoms with Crippen LogP contribution in [0.15, 0.2) is 18.2 Å². The average molecular weight is 232 g/mol. The molecule has 0 atom stereocenters. The van der Waals surface area contributed by atoms with Gasteiger partial charge in [0, 0.05) is 18.1 Å². The predicted molar refractivity (Wildman–Crippen MR) is 55.4 cm³/mol. The Morgan fingerprint density at radius 1 is 1.47 bits per heavy atom. The van der Waals surface area contributed by atoms with E-state index in [1.165, 1.54) is 12.1 Å². The molecule has 0 aliphatic heterocycles. The lowest BCUT2D eigenvalue weighted by Gasteiger charge is -2.04. The molecule has 15 heavy (non-hydrogen) atoms. The van der Waals surface area contributed by atoms with Crippen molar-refractivity contribution in [2.24, 2.45) is 0 Å². The molecule has 82 valence electrons. The number of hydrogen-bond donors (Lipinski definition) is 2. The Morgan fingerprint density at radius 2 is 2.20 bits per heavy atom. The van der Waals surface area contributed by atoms with Gasteiger partial charge in [-0.3, -0.25) is 4.79 Å². The fraction of sp³-hybridized carbons (Fsp3) is 0.300. The van der Waals surface area contributed by atoms with Crippen LogP contribution in [0, 0.1) is 5.82 Å². The Morgan fingerprint density at radius 3 is 2.80 bits per heavy atom. The normalized spacial score (nSPS) is 10.3. The summed E-state index contributed by atoms with van der Waals surface area (Å²) < 4.78 is 12.9. The van der Waals surface area contributed by atoms with E-state index in [0.717, 1.165) is 0 Å². The summed E-state index contributed by atoms with van der Waals surface area (Å²) in [5.74, 6) is -1.25. The van der Waals surface area contributed by atoms with E-state index in [9.17, 15) is 9.18 Å². The molecule has 0 fully saturated rings. The van der Waals surface area contributed by atoms with Crippen molar-refractivity contribution in [3.8, 4) is 0 Å².